The summed E-state index contributed by atoms with van der Waals surface area (Å²) in [5.74, 6) is -0.302. The van der Waals surface area contributed by atoms with Gasteiger partial charge in [-0.3, -0.25) is 9.48 Å². The number of hydrogen-bond acceptors (Lipinski definition) is 4. The number of hydrogen-bond donors (Lipinski definition) is 0. The summed E-state index contributed by atoms with van der Waals surface area (Å²) in [6, 6.07) is 2.04. The van der Waals surface area contributed by atoms with Crippen LogP contribution in [0, 0.1) is 24.2 Å². The molecule has 0 aliphatic carbocycles. The van der Waals surface area contributed by atoms with E-state index in [1.807, 2.05) is 14.0 Å². The Hall–Kier alpha value is -1.87. The second kappa shape index (κ2) is 5.41. The molecule has 102 valence electrons. The Balaban J connectivity index is 2.34. The molecule has 1 aromatic rings. The fourth-order valence-electron chi connectivity index (χ4n) is 2.55. The highest BCUT2D eigenvalue weighted by atomic mass is 16.5. The summed E-state index contributed by atoms with van der Waals surface area (Å²) in [5, 5.41) is 13.5. The average molecular weight is 262 g/mol. The first-order valence-corrected chi connectivity index (χ1v) is 6.26. The van der Waals surface area contributed by atoms with Crippen molar-refractivity contribution in [1.29, 1.82) is 5.26 Å². The van der Waals surface area contributed by atoms with Gasteiger partial charge >= 0.3 is 0 Å². The van der Waals surface area contributed by atoms with Gasteiger partial charge in [-0.2, -0.15) is 10.4 Å². The molecule has 0 spiro atoms. The number of likely N-dealkylation sites (tertiary alicyclic amines) is 1. The summed E-state index contributed by atoms with van der Waals surface area (Å²) in [7, 11) is 3.46. The summed E-state index contributed by atoms with van der Waals surface area (Å²) >= 11 is 0. The first-order chi connectivity index (χ1) is 9.10. The largest absolute Gasteiger partial charge is 0.383 e. The zero-order valence-corrected chi connectivity index (χ0v) is 11.5. The van der Waals surface area contributed by atoms with Crippen LogP contribution in [0.4, 0.5) is 0 Å². The van der Waals surface area contributed by atoms with Crippen molar-refractivity contribution in [2.24, 2.45) is 13.0 Å². The van der Waals surface area contributed by atoms with Gasteiger partial charge in [-0.15, -0.1) is 0 Å². The van der Waals surface area contributed by atoms with Crippen LogP contribution < -0.4 is 0 Å². The number of methoxy groups -OCH3 is 1. The molecule has 1 aliphatic heterocycles. The van der Waals surface area contributed by atoms with E-state index in [4.69, 9.17) is 4.74 Å². The van der Waals surface area contributed by atoms with Gasteiger partial charge in [0.25, 0.3) is 0 Å². The Morgan fingerprint density at radius 1 is 1.63 bits per heavy atom. The third-order valence-corrected chi connectivity index (χ3v) is 3.73. The van der Waals surface area contributed by atoms with Crippen LogP contribution in [0.3, 0.4) is 0 Å². The van der Waals surface area contributed by atoms with Gasteiger partial charge in [-0.05, 0) is 6.92 Å². The first-order valence-electron chi connectivity index (χ1n) is 6.26. The molecule has 2 heterocycles. The van der Waals surface area contributed by atoms with Crippen LogP contribution in [0.5, 0.6) is 0 Å². The van der Waals surface area contributed by atoms with Crippen LogP contribution in [-0.2, 0) is 16.6 Å². The number of ether oxygens (including phenoxy) is 1. The molecule has 6 nitrogen and oxygen atoms in total. The van der Waals surface area contributed by atoms with Crippen molar-refractivity contribution in [2.45, 2.75) is 19.4 Å². The number of amides is 1. The average Bonchev–Trinajstić information content (AvgIpc) is 2.88. The van der Waals surface area contributed by atoms with Crippen LogP contribution >= 0.6 is 0 Å². The monoisotopic (exact) mass is 262 g/mol. The van der Waals surface area contributed by atoms with Crippen LogP contribution in [0.1, 0.15) is 23.7 Å². The van der Waals surface area contributed by atoms with E-state index in [9.17, 15) is 10.1 Å². The summed E-state index contributed by atoms with van der Waals surface area (Å²) in [6.07, 6.45) is 2.03. The molecule has 1 amide bonds. The van der Waals surface area contributed by atoms with Crippen LogP contribution in [0.2, 0.25) is 0 Å². The van der Waals surface area contributed by atoms with Gasteiger partial charge in [-0.1, -0.05) is 0 Å². The maximum Gasteiger partial charge on any atom is 0.224 e. The lowest BCUT2D eigenvalue weighted by atomic mass is 9.95. The van der Waals surface area contributed by atoms with Gasteiger partial charge in [0.1, 0.15) is 0 Å². The van der Waals surface area contributed by atoms with Gasteiger partial charge in [0, 0.05) is 38.4 Å². The van der Waals surface area contributed by atoms with E-state index in [1.54, 1.807) is 22.9 Å². The lowest BCUT2D eigenvalue weighted by molar-refractivity contribution is -0.129. The molecule has 19 heavy (non-hydrogen) atoms. The molecule has 1 aliphatic rings. The molecule has 0 bridgehead atoms. The number of aryl methyl sites for hydroxylation is 1. The molecule has 0 N–H and O–H groups in total. The van der Waals surface area contributed by atoms with Crippen molar-refractivity contribution < 1.29 is 9.53 Å². The molecular weight excluding hydrogens is 244 g/mol. The van der Waals surface area contributed by atoms with Crippen LogP contribution in [0.25, 0.3) is 0 Å². The fraction of sp³-hybridized carbons (Fsp3) is 0.615. The molecule has 0 saturated carbocycles. The molecule has 0 unspecified atom stereocenters. The maximum atomic E-state index is 12.0. The highest BCUT2D eigenvalue weighted by Gasteiger charge is 2.41. The van der Waals surface area contributed by atoms with Crippen molar-refractivity contribution in [1.82, 2.24) is 14.7 Å². The van der Waals surface area contributed by atoms with Gasteiger partial charge in [0.2, 0.25) is 5.91 Å². The van der Waals surface area contributed by atoms with E-state index in [-0.39, 0.29) is 24.3 Å². The molecule has 1 aromatic heterocycles. The maximum absolute atomic E-state index is 12.0. The fourth-order valence-corrected chi connectivity index (χ4v) is 2.55. The Labute approximate surface area is 112 Å². The second-order valence-corrected chi connectivity index (χ2v) is 4.77. The van der Waals surface area contributed by atoms with Crippen LogP contribution in [0.15, 0.2) is 6.20 Å². The topological polar surface area (TPSA) is 71.2 Å². The minimum atomic E-state index is -0.313. The van der Waals surface area contributed by atoms with E-state index >= 15 is 0 Å². The molecule has 2 rings (SSSR count). The number of nitrogens with zero attached hydrogens (tertiary/aromatic N) is 4. The third kappa shape index (κ3) is 2.34. The van der Waals surface area contributed by atoms with E-state index in [0.29, 0.717) is 13.2 Å². The van der Waals surface area contributed by atoms with E-state index < -0.39 is 0 Å². The number of nitriles is 1. The van der Waals surface area contributed by atoms with Gasteiger partial charge in [-0.25, -0.2) is 0 Å². The van der Waals surface area contributed by atoms with Gasteiger partial charge in [0.15, 0.2) is 0 Å². The Kier molecular flexibility index (Phi) is 3.86. The predicted octanol–water partition coefficient (Wildman–Crippen LogP) is 0.788. The molecule has 0 radical (unpaired) electrons. The normalized spacial score (nSPS) is 22.8. The molecule has 2 atom stereocenters. The van der Waals surface area contributed by atoms with E-state index in [2.05, 4.69) is 11.2 Å². The van der Waals surface area contributed by atoms with Crippen molar-refractivity contribution in [2.75, 3.05) is 20.3 Å². The van der Waals surface area contributed by atoms with Gasteiger partial charge < -0.3 is 9.64 Å². The summed E-state index contributed by atoms with van der Waals surface area (Å²) in [6.45, 7) is 2.93. The molecule has 0 aromatic carbocycles. The lowest BCUT2D eigenvalue weighted by Crippen LogP contribution is -2.32. The summed E-state index contributed by atoms with van der Waals surface area (Å²) in [4.78, 5) is 13.8. The molecule has 6 heteroatoms. The predicted molar refractivity (Wildman–Crippen MR) is 68.0 cm³/mol. The molecule has 1 saturated heterocycles. The first kappa shape index (κ1) is 13.6. The van der Waals surface area contributed by atoms with Crippen molar-refractivity contribution in [3.05, 3.63) is 17.5 Å². The highest BCUT2D eigenvalue weighted by Crippen LogP contribution is 2.38. The zero-order valence-electron chi connectivity index (χ0n) is 11.5. The van der Waals surface area contributed by atoms with Crippen molar-refractivity contribution >= 4 is 5.91 Å². The summed E-state index contributed by atoms with van der Waals surface area (Å²) < 4.78 is 6.81. The highest BCUT2D eigenvalue weighted by molar-refractivity contribution is 5.80. The van der Waals surface area contributed by atoms with E-state index in [1.165, 1.54) is 0 Å². The van der Waals surface area contributed by atoms with Crippen LogP contribution in [-0.4, -0.2) is 40.8 Å². The Morgan fingerprint density at radius 2 is 2.37 bits per heavy atom. The molecule has 1 fully saturated rings. The lowest BCUT2D eigenvalue weighted by Gasteiger charge is -2.25. The SMILES string of the molecule is COCCN1C(=O)C[C@@H](C#N)[C@H]1c1cnn(C)c1C. The van der Waals surface area contributed by atoms with E-state index in [0.717, 1.165) is 11.3 Å². The third-order valence-electron chi connectivity index (χ3n) is 3.73. The quantitative estimate of drug-likeness (QED) is 0.804. The van der Waals surface area contributed by atoms with Crippen molar-refractivity contribution in [3.8, 4) is 6.07 Å². The number of carbonyl (C=O) groups excluding carboxylic acids is 1. The number of aromatic nitrogens is 2. The van der Waals surface area contributed by atoms with Crippen molar-refractivity contribution in [3.63, 3.8) is 0 Å². The minimum absolute atomic E-state index is 0.0110. The molecular formula is C13H18N4O2. The summed E-state index contributed by atoms with van der Waals surface area (Å²) in [5.41, 5.74) is 1.94. The zero-order chi connectivity index (χ0) is 14.0. The number of rotatable bonds is 4. The Bertz CT molecular complexity index is 517. The standard InChI is InChI=1S/C13H18N4O2/c1-9-11(8-15-16(9)2)13-10(7-14)6-12(18)17(13)4-5-19-3/h8,10,13H,4-6H2,1-3H3/t10-,13-/m0/s1. The van der Waals surface area contributed by atoms with Gasteiger partial charge in [0.05, 0.1) is 30.8 Å². The Morgan fingerprint density at radius 3 is 2.89 bits per heavy atom. The number of carbonyl (C=O) groups is 1. The second-order valence-electron chi connectivity index (χ2n) is 4.77. The smallest absolute Gasteiger partial charge is 0.224 e. The minimum Gasteiger partial charge on any atom is -0.383 e.